The second-order valence-corrected chi connectivity index (χ2v) is 2.96. The zero-order chi connectivity index (χ0) is 12.1. The van der Waals surface area contributed by atoms with Crippen molar-refractivity contribution in [1.82, 2.24) is 10.3 Å². The molecule has 0 bridgehead atoms. The number of amides is 1. The lowest BCUT2D eigenvalue weighted by Gasteiger charge is -2.07. The number of hydrogen-bond acceptors (Lipinski definition) is 4. The number of nitrogens with one attached hydrogen (secondary N) is 1. The maximum absolute atomic E-state index is 12.7. The smallest absolute Gasteiger partial charge is 0.334 e. The Morgan fingerprint density at radius 3 is 2.75 bits per heavy atom. The number of carbonyl (C=O) groups is 2. The van der Waals surface area contributed by atoms with E-state index in [9.17, 15) is 14.0 Å². The van der Waals surface area contributed by atoms with E-state index in [1.165, 1.54) is 0 Å². The van der Waals surface area contributed by atoms with Crippen LogP contribution in [0, 0.1) is 5.82 Å². The van der Waals surface area contributed by atoms with Crippen molar-refractivity contribution in [2.24, 2.45) is 0 Å². The monoisotopic (exact) mass is 228 g/mol. The molecule has 1 atom stereocenters. The van der Waals surface area contributed by atoms with Gasteiger partial charge in [0.1, 0.15) is 5.82 Å². The molecule has 1 rings (SSSR count). The number of aliphatic carboxylic acids is 1. The van der Waals surface area contributed by atoms with E-state index in [4.69, 9.17) is 10.2 Å². The first-order chi connectivity index (χ1) is 7.50. The molecule has 0 aromatic carbocycles. The lowest BCUT2D eigenvalue weighted by atomic mass is 10.2. The van der Waals surface area contributed by atoms with Crippen LogP contribution in [0.5, 0.6) is 0 Å². The standard InChI is InChI=1S/C9H9FN2O4/c10-6-1-5(2-11-3-6)8(14)12-4-7(13)9(15)16/h1-3,7,13H,4H2,(H,12,14)(H,15,16). The molecule has 1 amide bonds. The van der Waals surface area contributed by atoms with Crippen molar-refractivity contribution in [3.8, 4) is 0 Å². The highest BCUT2D eigenvalue weighted by Crippen LogP contribution is 2.00. The minimum atomic E-state index is -1.69. The van der Waals surface area contributed by atoms with Crippen LogP contribution < -0.4 is 5.32 Å². The third kappa shape index (κ3) is 3.28. The van der Waals surface area contributed by atoms with E-state index in [2.05, 4.69) is 10.3 Å². The van der Waals surface area contributed by atoms with Gasteiger partial charge in [-0.1, -0.05) is 0 Å². The Hall–Kier alpha value is -2.02. The predicted molar refractivity (Wildman–Crippen MR) is 50.2 cm³/mol. The topological polar surface area (TPSA) is 99.5 Å². The fourth-order valence-corrected chi connectivity index (χ4v) is 0.915. The van der Waals surface area contributed by atoms with Crippen molar-refractivity contribution in [2.75, 3.05) is 6.54 Å². The van der Waals surface area contributed by atoms with Crippen LogP contribution >= 0.6 is 0 Å². The Labute approximate surface area is 89.7 Å². The second kappa shape index (κ2) is 5.17. The highest BCUT2D eigenvalue weighted by molar-refractivity contribution is 5.94. The van der Waals surface area contributed by atoms with Crippen LogP contribution in [-0.2, 0) is 4.79 Å². The van der Waals surface area contributed by atoms with Gasteiger partial charge in [-0.25, -0.2) is 9.18 Å². The molecule has 3 N–H and O–H groups in total. The molecule has 0 saturated carbocycles. The SMILES string of the molecule is O=C(NCC(O)C(=O)O)c1cncc(F)c1. The minimum absolute atomic E-state index is 0.0439. The lowest BCUT2D eigenvalue weighted by molar-refractivity contribution is -0.146. The highest BCUT2D eigenvalue weighted by Gasteiger charge is 2.15. The summed E-state index contributed by atoms with van der Waals surface area (Å²) >= 11 is 0. The average molecular weight is 228 g/mol. The largest absolute Gasteiger partial charge is 0.479 e. The molecule has 1 aromatic rings. The van der Waals surface area contributed by atoms with E-state index >= 15 is 0 Å². The van der Waals surface area contributed by atoms with Crippen molar-refractivity contribution < 1.29 is 24.2 Å². The maximum atomic E-state index is 12.7. The number of hydrogen-bond donors (Lipinski definition) is 3. The lowest BCUT2D eigenvalue weighted by Crippen LogP contribution is -2.36. The van der Waals surface area contributed by atoms with Gasteiger partial charge in [0.25, 0.3) is 5.91 Å². The Bertz CT molecular complexity index is 410. The van der Waals surface area contributed by atoms with Gasteiger partial charge in [0.2, 0.25) is 0 Å². The quantitative estimate of drug-likeness (QED) is 0.638. The fourth-order valence-electron chi connectivity index (χ4n) is 0.915. The molecule has 16 heavy (non-hydrogen) atoms. The number of aromatic nitrogens is 1. The molecule has 7 heteroatoms. The first kappa shape index (κ1) is 12.1. The molecule has 86 valence electrons. The predicted octanol–water partition coefficient (Wildman–Crippen LogP) is -0.604. The number of halogens is 1. The van der Waals surface area contributed by atoms with Crippen LogP contribution in [-0.4, -0.2) is 39.7 Å². The molecule has 1 unspecified atom stereocenters. The van der Waals surface area contributed by atoms with Crippen molar-refractivity contribution in [1.29, 1.82) is 0 Å². The molecular weight excluding hydrogens is 219 g/mol. The zero-order valence-electron chi connectivity index (χ0n) is 8.05. The van der Waals surface area contributed by atoms with Gasteiger partial charge in [-0.2, -0.15) is 0 Å². The van der Waals surface area contributed by atoms with E-state index in [0.717, 1.165) is 18.5 Å². The summed E-state index contributed by atoms with van der Waals surface area (Å²) in [4.78, 5) is 25.0. The van der Waals surface area contributed by atoms with E-state index in [1.807, 2.05) is 0 Å². The van der Waals surface area contributed by atoms with Crippen LogP contribution in [0.2, 0.25) is 0 Å². The third-order valence-electron chi connectivity index (χ3n) is 1.71. The Morgan fingerprint density at radius 1 is 1.50 bits per heavy atom. The van der Waals surface area contributed by atoms with Gasteiger partial charge in [0.05, 0.1) is 18.3 Å². The van der Waals surface area contributed by atoms with Crippen LogP contribution in [0.4, 0.5) is 4.39 Å². The summed E-state index contributed by atoms with van der Waals surface area (Å²) in [5.74, 6) is -2.82. The number of carbonyl (C=O) groups excluding carboxylic acids is 1. The van der Waals surface area contributed by atoms with Crippen LogP contribution in [0.1, 0.15) is 10.4 Å². The van der Waals surface area contributed by atoms with Gasteiger partial charge in [-0.05, 0) is 6.07 Å². The summed E-state index contributed by atoms with van der Waals surface area (Å²) in [5.41, 5.74) is -0.0439. The summed E-state index contributed by atoms with van der Waals surface area (Å²) in [7, 11) is 0. The van der Waals surface area contributed by atoms with Gasteiger partial charge in [-0.15, -0.1) is 0 Å². The highest BCUT2D eigenvalue weighted by atomic mass is 19.1. The zero-order valence-corrected chi connectivity index (χ0v) is 8.05. The summed E-state index contributed by atoms with van der Waals surface area (Å²) in [6, 6.07) is 0.954. The number of carboxylic acid groups (broad SMARTS) is 1. The molecule has 0 spiro atoms. The molecule has 0 radical (unpaired) electrons. The van der Waals surface area contributed by atoms with E-state index in [-0.39, 0.29) is 5.56 Å². The number of rotatable bonds is 4. The van der Waals surface area contributed by atoms with Crippen LogP contribution in [0.25, 0.3) is 0 Å². The van der Waals surface area contributed by atoms with Gasteiger partial charge in [0.15, 0.2) is 6.10 Å². The van der Waals surface area contributed by atoms with Crippen molar-refractivity contribution in [2.45, 2.75) is 6.10 Å². The minimum Gasteiger partial charge on any atom is -0.479 e. The van der Waals surface area contributed by atoms with Crippen LogP contribution in [0.3, 0.4) is 0 Å². The molecule has 1 heterocycles. The number of carboxylic acids is 1. The molecular formula is C9H9FN2O4. The van der Waals surface area contributed by atoms with Crippen molar-refractivity contribution in [3.63, 3.8) is 0 Å². The van der Waals surface area contributed by atoms with E-state index < -0.39 is 30.3 Å². The molecule has 0 aliphatic carbocycles. The second-order valence-electron chi connectivity index (χ2n) is 2.96. The molecule has 0 fully saturated rings. The summed E-state index contributed by atoms with van der Waals surface area (Å²) in [6.07, 6.45) is 0.375. The van der Waals surface area contributed by atoms with Crippen molar-refractivity contribution in [3.05, 3.63) is 29.8 Å². The Kier molecular flexibility index (Phi) is 3.90. The number of pyridine rings is 1. The van der Waals surface area contributed by atoms with E-state index in [0.29, 0.717) is 0 Å². The summed E-state index contributed by atoms with van der Waals surface area (Å²) < 4.78 is 12.7. The van der Waals surface area contributed by atoms with E-state index in [1.54, 1.807) is 0 Å². The maximum Gasteiger partial charge on any atom is 0.334 e. The first-order valence-corrected chi connectivity index (χ1v) is 4.30. The normalized spacial score (nSPS) is 11.9. The Morgan fingerprint density at radius 2 is 2.19 bits per heavy atom. The first-order valence-electron chi connectivity index (χ1n) is 4.30. The van der Waals surface area contributed by atoms with Crippen LogP contribution in [0.15, 0.2) is 18.5 Å². The Balaban J connectivity index is 2.56. The molecule has 0 aliphatic rings. The van der Waals surface area contributed by atoms with Gasteiger partial charge in [0, 0.05) is 6.20 Å². The molecule has 0 aliphatic heterocycles. The summed E-state index contributed by atoms with van der Waals surface area (Å²) in [5, 5.41) is 19.3. The van der Waals surface area contributed by atoms with Crippen molar-refractivity contribution >= 4 is 11.9 Å². The molecule has 0 saturated heterocycles. The van der Waals surface area contributed by atoms with Gasteiger partial charge >= 0.3 is 5.97 Å². The van der Waals surface area contributed by atoms with Gasteiger partial charge in [-0.3, -0.25) is 9.78 Å². The number of aliphatic hydroxyl groups excluding tert-OH is 1. The summed E-state index contributed by atoms with van der Waals surface area (Å²) in [6.45, 7) is -0.454. The molecule has 1 aromatic heterocycles. The average Bonchev–Trinajstić information content (AvgIpc) is 2.25. The molecule has 6 nitrogen and oxygen atoms in total. The van der Waals surface area contributed by atoms with Gasteiger partial charge < -0.3 is 15.5 Å². The fraction of sp³-hybridized carbons (Fsp3) is 0.222. The number of nitrogens with zero attached hydrogens (tertiary/aromatic N) is 1. The third-order valence-corrected chi connectivity index (χ3v) is 1.71. The number of aliphatic hydroxyl groups is 1.